The van der Waals surface area contributed by atoms with E-state index in [0.29, 0.717) is 41.3 Å². The van der Waals surface area contributed by atoms with Crippen molar-refractivity contribution in [2.24, 2.45) is 0 Å². The van der Waals surface area contributed by atoms with Gasteiger partial charge in [-0.1, -0.05) is 13.8 Å². The van der Waals surface area contributed by atoms with Crippen molar-refractivity contribution < 1.29 is 28.9 Å². The maximum atomic E-state index is 13.3. The van der Waals surface area contributed by atoms with Gasteiger partial charge >= 0.3 is 0 Å². The van der Waals surface area contributed by atoms with E-state index >= 15 is 0 Å². The molecule has 7 nitrogen and oxygen atoms in total. The van der Waals surface area contributed by atoms with Crippen LogP contribution in [0, 0.1) is 13.8 Å². The van der Waals surface area contributed by atoms with Gasteiger partial charge in [-0.05, 0) is 52.7 Å². The van der Waals surface area contributed by atoms with E-state index in [2.05, 4.69) is 19.2 Å². The van der Waals surface area contributed by atoms with Crippen LogP contribution in [0.5, 0.6) is 17.2 Å². The monoisotopic (exact) mass is 429 g/mol. The van der Waals surface area contributed by atoms with E-state index in [4.69, 9.17) is 14.2 Å². The number of nitrogens with zero attached hydrogens (tertiary/aromatic N) is 1. The molecule has 3 rings (SSSR count). The van der Waals surface area contributed by atoms with Crippen molar-refractivity contribution in [2.45, 2.75) is 79.1 Å². The highest BCUT2D eigenvalue weighted by molar-refractivity contribution is 6.07. The number of carbonyl (C=O) groups is 1. The first-order chi connectivity index (χ1) is 14.7. The van der Waals surface area contributed by atoms with Gasteiger partial charge in [-0.3, -0.25) is 10.0 Å². The molecule has 0 fully saturated rings. The summed E-state index contributed by atoms with van der Waals surface area (Å²) in [5, 5.41) is 12.7. The number of rotatable bonds is 8. The van der Waals surface area contributed by atoms with E-state index in [9.17, 15) is 10.0 Å². The van der Waals surface area contributed by atoms with Crippen LogP contribution in [0.1, 0.15) is 74.9 Å². The second kappa shape index (κ2) is 9.04. The molecule has 0 saturated heterocycles. The van der Waals surface area contributed by atoms with E-state index < -0.39 is 5.79 Å². The van der Waals surface area contributed by atoms with E-state index in [1.165, 1.54) is 0 Å². The first kappa shape index (κ1) is 22.7. The number of hydrogen-bond donors (Lipinski definition) is 2. The third-order valence-electron chi connectivity index (χ3n) is 5.20. The number of nitrogens with one attached hydrogen (secondary N) is 1. The highest BCUT2D eigenvalue weighted by Gasteiger charge is 2.44. The SMILES string of the molecule is CCCC1(CCC)Oc2c(OC(C)C)ccc(C(=O)Nc3c(C)c[n+](O)cc3C)c2O1. The number of benzene rings is 1. The van der Waals surface area contributed by atoms with Gasteiger partial charge in [-0.15, -0.1) is 0 Å². The standard InChI is InChI=1S/C24H32N2O5/c1-7-11-24(12-8-2)30-21-18(9-10-19(22(21)31-24)29-15(3)4)23(27)25-20-16(5)13-26(28)14-17(20)6/h9-10,13-15,28H,7-8,11-12H2,1-6H3/p+1. The van der Waals surface area contributed by atoms with Crippen molar-refractivity contribution in [3.05, 3.63) is 41.2 Å². The lowest BCUT2D eigenvalue weighted by molar-refractivity contribution is -0.905. The summed E-state index contributed by atoms with van der Waals surface area (Å²) in [5.41, 5.74) is 2.53. The summed E-state index contributed by atoms with van der Waals surface area (Å²) in [5.74, 6) is 0.378. The van der Waals surface area contributed by atoms with Crippen molar-refractivity contribution in [1.29, 1.82) is 0 Å². The summed E-state index contributed by atoms with van der Waals surface area (Å²) in [6, 6.07) is 3.47. The number of fused-ring (bicyclic) bond motifs is 1. The first-order valence-corrected chi connectivity index (χ1v) is 10.9. The first-order valence-electron chi connectivity index (χ1n) is 10.9. The summed E-state index contributed by atoms with van der Waals surface area (Å²) in [6.07, 6.45) is 6.24. The van der Waals surface area contributed by atoms with Crippen LogP contribution in [0.15, 0.2) is 24.5 Å². The van der Waals surface area contributed by atoms with Gasteiger partial charge in [0.05, 0.1) is 17.4 Å². The summed E-state index contributed by atoms with van der Waals surface area (Å²) in [6.45, 7) is 11.7. The molecule has 0 aliphatic carbocycles. The normalized spacial score (nSPS) is 14.0. The van der Waals surface area contributed by atoms with Gasteiger partial charge in [0.1, 0.15) is 0 Å². The zero-order chi connectivity index (χ0) is 22.8. The van der Waals surface area contributed by atoms with E-state index in [-0.39, 0.29) is 12.0 Å². The Hall–Kier alpha value is -2.96. The average Bonchev–Trinajstić information content (AvgIpc) is 3.04. The van der Waals surface area contributed by atoms with Gasteiger partial charge in [-0.2, -0.15) is 0 Å². The molecule has 168 valence electrons. The van der Waals surface area contributed by atoms with Gasteiger partial charge < -0.3 is 19.5 Å². The molecule has 1 amide bonds. The van der Waals surface area contributed by atoms with Crippen molar-refractivity contribution in [1.82, 2.24) is 0 Å². The Labute approximate surface area is 183 Å². The predicted octanol–water partition coefficient (Wildman–Crippen LogP) is 4.94. The molecule has 0 saturated carbocycles. The van der Waals surface area contributed by atoms with Gasteiger partial charge in [0.25, 0.3) is 11.7 Å². The van der Waals surface area contributed by atoms with Gasteiger partial charge in [0.15, 0.2) is 11.5 Å². The molecule has 0 spiro atoms. The zero-order valence-corrected chi connectivity index (χ0v) is 19.2. The Bertz CT molecular complexity index is 942. The lowest BCUT2D eigenvalue weighted by Gasteiger charge is -2.27. The fraction of sp³-hybridized carbons (Fsp3) is 0.500. The Balaban J connectivity index is 2.01. The van der Waals surface area contributed by atoms with Crippen LogP contribution in [0.2, 0.25) is 0 Å². The number of hydrogen-bond acceptors (Lipinski definition) is 5. The number of ether oxygens (including phenoxy) is 3. The van der Waals surface area contributed by atoms with Crippen LogP contribution < -0.4 is 24.3 Å². The summed E-state index contributed by atoms with van der Waals surface area (Å²) >= 11 is 0. The molecule has 0 radical (unpaired) electrons. The summed E-state index contributed by atoms with van der Waals surface area (Å²) in [7, 11) is 0. The molecule has 2 N–H and O–H groups in total. The number of anilines is 1. The minimum Gasteiger partial charge on any atom is -0.487 e. The van der Waals surface area contributed by atoms with Gasteiger partial charge in [0.2, 0.25) is 18.1 Å². The van der Waals surface area contributed by atoms with Crippen LogP contribution in [0.25, 0.3) is 0 Å². The van der Waals surface area contributed by atoms with E-state index in [1.807, 2.05) is 27.7 Å². The number of aromatic nitrogens is 1. The van der Waals surface area contributed by atoms with Crippen LogP contribution in [-0.2, 0) is 0 Å². The smallest absolute Gasteiger partial charge is 0.259 e. The Morgan fingerprint density at radius 3 is 2.23 bits per heavy atom. The van der Waals surface area contributed by atoms with Crippen LogP contribution in [0.3, 0.4) is 0 Å². The average molecular weight is 430 g/mol. The molecular weight excluding hydrogens is 396 g/mol. The Morgan fingerprint density at radius 2 is 1.68 bits per heavy atom. The maximum absolute atomic E-state index is 13.3. The van der Waals surface area contributed by atoms with Crippen molar-refractivity contribution in [3.8, 4) is 17.2 Å². The van der Waals surface area contributed by atoms with Crippen LogP contribution in [0.4, 0.5) is 5.69 Å². The number of amides is 1. The van der Waals surface area contributed by atoms with Gasteiger partial charge in [0, 0.05) is 28.7 Å². The molecule has 1 aliphatic heterocycles. The fourth-order valence-electron chi connectivity index (χ4n) is 4.00. The second-order valence-corrected chi connectivity index (χ2v) is 8.38. The minimum atomic E-state index is -0.793. The molecule has 2 heterocycles. The van der Waals surface area contributed by atoms with Crippen LogP contribution in [-0.4, -0.2) is 23.0 Å². The topological polar surface area (TPSA) is 80.9 Å². The third-order valence-corrected chi connectivity index (χ3v) is 5.20. The zero-order valence-electron chi connectivity index (χ0n) is 19.2. The van der Waals surface area contributed by atoms with Crippen molar-refractivity contribution in [3.63, 3.8) is 0 Å². The Kier molecular flexibility index (Phi) is 6.62. The molecule has 0 unspecified atom stereocenters. The fourth-order valence-corrected chi connectivity index (χ4v) is 4.00. The number of carbonyl (C=O) groups excluding carboxylic acids is 1. The minimum absolute atomic E-state index is 0.0421. The predicted molar refractivity (Wildman–Crippen MR) is 117 cm³/mol. The van der Waals surface area contributed by atoms with Gasteiger partial charge in [-0.25, -0.2) is 0 Å². The quantitative estimate of drug-likeness (QED) is 0.459. The molecule has 7 heteroatoms. The van der Waals surface area contributed by atoms with Crippen LogP contribution >= 0.6 is 0 Å². The maximum Gasteiger partial charge on any atom is 0.259 e. The summed E-state index contributed by atoms with van der Waals surface area (Å²) < 4.78 is 19.6. The molecule has 0 bridgehead atoms. The van der Waals surface area contributed by atoms with Crippen molar-refractivity contribution in [2.75, 3.05) is 5.32 Å². The summed E-state index contributed by atoms with van der Waals surface area (Å²) in [4.78, 5) is 13.3. The van der Waals surface area contributed by atoms with E-state index in [0.717, 1.165) is 28.7 Å². The molecule has 2 aromatic rings. The molecule has 1 aromatic carbocycles. The molecule has 0 atom stereocenters. The van der Waals surface area contributed by atoms with E-state index in [1.54, 1.807) is 24.5 Å². The highest BCUT2D eigenvalue weighted by atomic mass is 16.7. The molecule has 1 aliphatic rings. The molecule has 31 heavy (non-hydrogen) atoms. The Morgan fingerprint density at radius 1 is 1.10 bits per heavy atom. The van der Waals surface area contributed by atoms with Crippen molar-refractivity contribution >= 4 is 11.6 Å². The highest BCUT2D eigenvalue weighted by Crippen LogP contribution is 2.51. The number of pyridine rings is 1. The molecule has 1 aromatic heterocycles. The number of aryl methyl sites for hydroxylation is 2. The lowest BCUT2D eigenvalue weighted by atomic mass is 10.1. The lowest BCUT2D eigenvalue weighted by Crippen LogP contribution is -2.38. The molecular formula is C24H33N2O5+. The third kappa shape index (κ3) is 4.70. The largest absolute Gasteiger partial charge is 0.487 e. The second-order valence-electron chi connectivity index (χ2n) is 8.38.